The molecule has 270 valence electrons. The lowest BCUT2D eigenvalue weighted by atomic mass is 9.99. The number of H-pyrrole nitrogens is 2. The number of anilines is 2. The Balaban J connectivity index is 0.000000198. The van der Waals surface area contributed by atoms with E-state index in [-0.39, 0.29) is 34.4 Å². The van der Waals surface area contributed by atoms with Crippen molar-refractivity contribution < 1.29 is 33.7 Å². The summed E-state index contributed by atoms with van der Waals surface area (Å²) in [6, 6.07) is 11.1. The van der Waals surface area contributed by atoms with Gasteiger partial charge in [-0.05, 0) is 99.4 Å². The van der Waals surface area contributed by atoms with Crippen LogP contribution in [0.3, 0.4) is 0 Å². The first kappa shape index (κ1) is 36.8. The first-order valence-electron chi connectivity index (χ1n) is 17.3. The van der Waals surface area contributed by atoms with E-state index in [0.717, 1.165) is 63.2 Å². The summed E-state index contributed by atoms with van der Waals surface area (Å²) in [5, 5.41) is 28.4. The molecular formula is C38H42F2N4O7. The number of carboxylic acids is 2. The van der Waals surface area contributed by atoms with Crippen molar-refractivity contribution in [2.75, 3.05) is 36.0 Å². The number of rotatable bonds is 8. The zero-order valence-corrected chi connectivity index (χ0v) is 28.7. The van der Waals surface area contributed by atoms with Crippen molar-refractivity contribution in [3.05, 3.63) is 97.1 Å². The lowest BCUT2D eigenvalue weighted by Gasteiger charge is -2.29. The van der Waals surface area contributed by atoms with Crippen LogP contribution < -0.4 is 20.9 Å². The van der Waals surface area contributed by atoms with E-state index >= 15 is 0 Å². The number of nitrogens with zero attached hydrogens (tertiary/aromatic N) is 2. The summed E-state index contributed by atoms with van der Waals surface area (Å²) in [7, 11) is 0. The second kappa shape index (κ2) is 16.0. The number of aromatic hydroxyl groups is 1. The Hall–Kier alpha value is -5.46. The highest BCUT2D eigenvalue weighted by Gasteiger charge is 2.24. The molecule has 2 aromatic carbocycles. The van der Waals surface area contributed by atoms with E-state index < -0.39 is 46.0 Å². The molecule has 6 rings (SSSR count). The minimum absolute atomic E-state index is 0.114. The molecule has 4 aromatic rings. The number of benzene rings is 2. The summed E-state index contributed by atoms with van der Waals surface area (Å²) >= 11 is 0. The topological polar surface area (TPSA) is 167 Å². The normalized spacial score (nSPS) is 14.5. The molecule has 0 spiro atoms. The third-order valence-corrected chi connectivity index (χ3v) is 9.48. The summed E-state index contributed by atoms with van der Waals surface area (Å²) < 4.78 is 29.5. The van der Waals surface area contributed by atoms with Crippen molar-refractivity contribution in [3.63, 3.8) is 0 Å². The van der Waals surface area contributed by atoms with Crippen LogP contribution in [0.4, 0.5) is 20.2 Å². The van der Waals surface area contributed by atoms with Crippen LogP contribution in [-0.2, 0) is 12.8 Å². The number of aromatic nitrogens is 2. The van der Waals surface area contributed by atoms with Crippen molar-refractivity contribution in [2.24, 2.45) is 0 Å². The fourth-order valence-electron chi connectivity index (χ4n) is 6.76. The second-order valence-electron chi connectivity index (χ2n) is 12.7. The number of hydrogen-bond acceptors (Lipinski definition) is 7. The first-order chi connectivity index (χ1) is 24.4. The predicted molar refractivity (Wildman–Crippen MR) is 191 cm³/mol. The second-order valence-corrected chi connectivity index (χ2v) is 12.7. The van der Waals surface area contributed by atoms with Crippen LogP contribution in [-0.4, -0.2) is 63.4 Å². The molecule has 0 radical (unpaired) electrons. The van der Waals surface area contributed by atoms with Gasteiger partial charge in [0.2, 0.25) is 0 Å². The number of piperidine rings is 2. The summed E-state index contributed by atoms with van der Waals surface area (Å²) in [6.07, 6.45) is 7.45. The Bertz CT molecular complexity index is 2050. The van der Waals surface area contributed by atoms with E-state index in [2.05, 4.69) is 19.8 Å². The average molecular weight is 705 g/mol. The van der Waals surface area contributed by atoms with Gasteiger partial charge in [-0.1, -0.05) is 13.8 Å². The maximum Gasteiger partial charge on any atom is 0.345 e. The standard InChI is InChI=1S/C19H21FN2O4.C19H21FN2O3/c1-2-12-16(21-18(24)15(17(12)23)19(25)26)13-7-6-11(10-14(13)20)22-8-4-3-5-9-22;1-2-12-10-15(19(24)25)18(23)21-17(12)14-7-6-13(11-16(14)20)22-8-4-3-5-9-22/h6-7,10H,2-5,8-9H2,1H3,(H,25,26)(H2,21,23,24);6-7,10-11H,2-5,8-9H2,1H3,(H,21,23)(H,24,25). The van der Waals surface area contributed by atoms with Gasteiger partial charge < -0.3 is 35.1 Å². The number of carboxylic acid groups (broad SMARTS) is 2. The summed E-state index contributed by atoms with van der Waals surface area (Å²) in [6.45, 7) is 7.13. The number of nitrogens with one attached hydrogen (secondary N) is 2. The highest BCUT2D eigenvalue weighted by molar-refractivity contribution is 5.92. The van der Waals surface area contributed by atoms with Crippen LogP contribution in [0.5, 0.6) is 5.75 Å². The number of halogens is 2. The third kappa shape index (κ3) is 7.97. The summed E-state index contributed by atoms with van der Waals surface area (Å²) in [5.41, 5.74) is 0.554. The predicted octanol–water partition coefficient (Wildman–Crippen LogP) is 6.57. The molecule has 4 heterocycles. The molecule has 0 amide bonds. The van der Waals surface area contributed by atoms with E-state index in [1.165, 1.54) is 31.0 Å². The Kier molecular flexibility index (Phi) is 11.6. The van der Waals surface area contributed by atoms with Gasteiger partial charge in [0.15, 0.2) is 5.56 Å². The smallest absolute Gasteiger partial charge is 0.345 e. The summed E-state index contributed by atoms with van der Waals surface area (Å²) in [5.74, 6) is -4.37. The van der Waals surface area contributed by atoms with Crippen LogP contribution in [0.25, 0.3) is 22.5 Å². The minimum atomic E-state index is -1.52. The highest BCUT2D eigenvalue weighted by Crippen LogP contribution is 2.34. The van der Waals surface area contributed by atoms with Gasteiger partial charge in [-0.3, -0.25) is 9.59 Å². The maximum atomic E-state index is 14.8. The molecule has 5 N–H and O–H groups in total. The highest BCUT2D eigenvalue weighted by atomic mass is 19.1. The van der Waals surface area contributed by atoms with Crippen LogP contribution in [0.1, 0.15) is 84.2 Å². The molecule has 2 aliphatic rings. The Labute approximate surface area is 293 Å². The fraction of sp³-hybridized carbons (Fsp3) is 0.368. The van der Waals surface area contributed by atoms with Crippen molar-refractivity contribution in [2.45, 2.75) is 65.2 Å². The lowest BCUT2D eigenvalue weighted by molar-refractivity contribution is 0.0682. The quantitative estimate of drug-likeness (QED) is 0.136. The molecule has 0 atom stereocenters. The zero-order chi connectivity index (χ0) is 36.8. The third-order valence-electron chi connectivity index (χ3n) is 9.48. The molecular weight excluding hydrogens is 662 g/mol. The van der Waals surface area contributed by atoms with E-state index in [4.69, 9.17) is 10.2 Å². The van der Waals surface area contributed by atoms with E-state index in [1.54, 1.807) is 25.1 Å². The van der Waals surface area contributed by atoms with Gasteiger partial charge in [0.1, 0.15) is 22.9 Å². The average Bonchev–Trinajstić information content (AvgIpc) is 3.12. The number of aromatic amines is 2. The molecule has 0 bridgehead atoms. The van der Waals surface area contributed by atoms with Crippen molar-refractivity contribution >= 4 is 23.3 Å². The van der Waals surface area contributed by atoms with Crippen molar-refractivity contribution in [1.29, 1.82) is 0 Å². The van der Waals surface area contributed by atoms with Crippen molar-refractivity contribution in [3.8, 4) is 28.3 Å². The molecule has 2 fully saturated rings. The van der Waals surface area contributed by atoms with Gasteiger partial charge in [0.25, 0.3) is 11.1 Å². The molecule has 11 nitrogen and oxygen atoms in total. The first-order valence-corrected chi connectivity index (χ1v) is 17.3. The molecule has 51 heavy (non-hydrogen) atoms. The van der Waals surface area contributed by atoms with Gasteiger partial charge in [-0.25, -0.2) is 18.4 Å². The molecule has 0 aliphatic carbocycles. The SMILES string of the molecule is CCc1c(-c2ccc(N3CCCCC3)cc2F)[nH]c(=O)c(C(=O)O)c1O.CCc1cc(C(=O)O)c(=O)[nH]c1-c1ccc(N2CCCCC2)cc1F. The van der Waals surface area contributed by atoms with Crippen LogP contribution in [0.15, 0.2) is 52.1 Å². The Morgan fingerprint density at radius 3 is 1.61 bits per heavy atom. The van der Waals surface area contributed by atoms with E-state index in [1.807, 2.05) is 13.0 Å². The molecule has 2 aliphatic heterocycles. The fourth-order valence-corrected chi connectivity index (χ4v) is 6.76. The maximum absolute atomic E-state index is 14.8. The molecule has 0 saturated carbocycles. The molecule has 13 heteroatoms. The molecule has 0 unspecified atom stereocenters. The van der Waals surface area contributed by atoms with Gasteiger partial charge in [0.05, 0.1) is 11.4 Å². The number of hydrogen-bond donors (Lipinski definition) is 5. The van der Waals surface area contributed by atoms with Crippen LogP contribution >= 0.6 is 0 Å². The number of aryl methyl sites for hydroxylation is 1. The summed E-state index contributed by atoms with van der Waals surface area (Å²) in [4.78, 5) is 55.6. The lowest BCUT2D eigenvalue weighted by Crippen LogP contribution is -2.29. The Morgan fingerprint density at radius 2 is 1.18 bits per heavy atom. The van der Waals surface area contributed by atoms with E-state index in [0.29, 0.717) is 17.7 Å². The van der Waals surface area contributed by atoms with Crippen molar-refractivity contribution in [1.82, 2.24) is 9.97 Å². The van der Waals surface area contributed by atoms with Gasteiger partial charge in [-0.2, -0.15) is 0 Å². The van der Waals surface area contributed by atoms with Gasteiger partial charge in [-0.15, -0.1) is 0 Å². The van der Waals surface area contributed by atoms with Crippen LogP contribution in [0.2, 0.25) is 0 Å². The molecule has 2 saturated heterocycles. The number of pyridine rings is 2. The van der Waals surface area contributed by atoms with Gasteiger partial charge >= 0.3 is 11.9 Å². The van der Waals surface area contributed by atoms with E-state index in [9.17, 15) is 33.1 Å². The molecule has 2 aromatic heterocycles. The number of carbonyl (C=O) groups is 2. The van der Waals surface area contributed by atoms with Gasteiger partial charge in [0, 0.05) is 54.2 Å². The number of aromatic carboxylic acids is 2. The monoisotopic (exact) mass is 704 g/mol. The largest absolute Gasteiger partial charge is 0.506 e. The minimum Gasteiger partial charge on any atom is -0.506 e. The zero-order valence-electron chi connectivity index (χ0n) is 28.7. The Morgan fingerprint density at radius 1 is 0.686 bits per heavy atom. The van der Waals surface area contributed by atoms with Crippen LogP contribution in [0, 0.1) is 11.6 Å².